The first-order valence-corrected chi connectivity index (χ1v) is 5.50. The fourth-order valence-electron chi connectivity index (χ4n) is 1.35. The summed E-state index contributed by atoms with van der Waals surface area (Å²) >= 11 is 1.87. The Labute approximate surface area is 84.5 Å². The lowest BCUT2D eigenvalue weighted by Crippen LogP contribution is -2.19. The van der Waals surface area contributed by atoms with Gasteiger partial charge in [-0.05, 0) is 32.0 Å². The molecule has 0 amide bonds. The number of hydrogen-bond acceptors (Lipinski definition) is 2. The molecular formula is C11H17NS. The minimum absolute atomic E-state index is 0.459. The zero-order chi connectivity index (χ0) is 9.68. The predicted molar refractivity (Wildman–Crippen MR) is 60.3 cm³/mol. The van der Waals surface area contributed by atoms with E-state index in [0.29, 0.717) is 6.04 Å². The highest BCUT2D eigenvalue weighted by atomic mass is 32.1. The van der Waals surface area contributed by atoms with Gasteiger partial charge >= 0.3 is 0 Å². The first-order chi connectivity index (χ1) is 6.27. The van der Waals surface area contributed by atoms with Crippen LogP contribution in [0.1, 0.15) is 29.1 Å². The number of aryl methyl sites for hydroxylation is 1. The van der Waals surface area contributed by atoms with Gasteiger partial charge in [0.15, 0.2) is 0 Å². The number of rotatable bonds is 5. The van der Waals surface area contributed by atoms with Crippen molar-refractivity contribution < 1.29 is 0 Å². The highest BCUT2D eigenvalue weighted by Crippen LogP contribution is 2.25. The number of nitrogens with one attached hydrogen (secondary N) is 1. The third-order valence-corrected chi connectivity index (χ3v) is 3.07. The molecule has 72 valence electrons. The molecule has 13 heavy (non-hydrogen) atoms. The second kappa shape index (κ2) is 5.20. The van der Waals surface area contributed by atoms with Crippen LogP contribution in [0.25, 0.3) is 0 Å². The summed E-state index contributed by atoms with van der Waals surface area (Å²) in [6, 6.07) is 4.84. The molecule has 1 aromatic rings. The van der Waals surface area contributed by atoms with Gasteiger partial charge in [-0.1, -0.05) is 13.0 Å². The maximum absolute atomic E-state index is 3.78. The van der Waals surface area contributed by atoms with Crippen molar-refractivity contribution in [2.24, 2.45) is 0 Å². The molecule has 0 aliphatic heterocycles. The average molecular weight is 195 g/mol. The third kappa shape index (κ3) is 2.98. The lowest BCUT2D eigenvalue weighted by atomic mass is 10.1. The first kappa shape index (κ1) is 10.5. The summed E-state index contributed by atoms with van der Waals surface area (Å²) in [5.41, 5.74) is 0. The van der Waals surface area contributed by atoms with E-state index in [2.05, 4.69) is 37.9 Å². The fourth-order valence-corrected chi connectivity index (χ4v) is 2.32. The average Bonchev–Trinajstić information content (AvgIpc) is 2.51. The Morgan fingerprint density at radius 3 is 2.85 bits per heavy atom. The van der Waals surface area contributed by atoms with E-state index in [4.69, 9.17) is 0 Å². The minimum Gasteiger partial charge on any atom is -0.309 e. The third-order valence-electron chi connectivity index (χ3n) is 1.96. The maximum atomic E-state index is 3.78. The van der Waals surface area contributed by atoms with Crippen LogP contribution in [0, 0.1) is 6.92 Å². The molecular weight excluding hydrogens is 178 g/mol. The van der Waals surface area contributed by atoms with Crippen molar-refractivity contribution >= 4 is 11.3 Å². The van der Waals surface area contributed by atoms with Gasteiger partial charge in [-0.25, -0.2) is 0 Å². The summed E-state index contributed by atoms with van der Waals surface area (Å²) in [7, 11) is 0. The van der Waals surface area contributed by atoms with Crippen LogP contribution in [0.5, 0.6) is 0 Å². The van der Waals surface area contributed by atoms with E-state index in [1.807, 2.05) is 17.4 Å². The van der Waals surface area contributed by atoms with Crippen molar-refractivity contribution in [2.45, 2.75) is 26.3 Å². The molecule has 1 N–H and O–H groups in total. The van der Waals surface area contributed by atoms with Gasteiger partial charge in [-0.15, -0.1) is 17.9 Å². The van der Waals surface area contributed by atoms with Crippen LogP contribution in [0.15, 0.2) is 24.8 Å². The molecule has 1 unspecified atom stereocenters. The molecule has 1 nitrogen and oxygen atoms in total. The standard InChI is InChI=1S/C11H17NS/c1-4-6-10(12-5-2)11-8-7-9(3)13-11/h4,7-8,10,12H,1,5-6H2,2-3H3. The van der Waals surface area contributed by atoms with Gasteiger partial charge in [0.05, 0.1) is 0 Å². The molecule has 0 fully saturated rings. The van der Waals surface area contributed by atoms with Crippen molar-refractivity contribution in [2.75, 3.05) is 6.54 Å². The van der Waals surface area contributed by atoms with Crippen LogP contribution in [0.2, 0.25) is 0 Å². The van der Waals surface area contributed by atoms with E-state index < -0.39 is 0 Å². The van der Waals surface area contributed by atoms with Crippen molar-refractivity contribution in [3.8, 4) is 0 Å². The molecule has 1 heterocycles. The largest absolute Gasteiger partial charge is 0.309 e. The fraction of sp³-hybridized carbons (Fsp3) is 0.455. The smallest absolute Gasteiger partial charge is 0.0449 e. The van der Waals surface area contributed by atoms with E-state index in [0.717, 1.165) is 13.0 Å². The summed E-state index contributed by atoms with van der Waals surface area (Å²) in [5, 5.41) is 3.45. The highest BCUT2D eigenvalue weighted by Gasteiger charge is 2.09. The van der Waals surface area contributed by atoms with Crippen LogP contribution in [0.4, 0.5) is 0 Å². The molecule has 1 rings (SSSR count). The quantitative estimate of drug-likeness (QED) is 0.711. The van der Waals surface area contributed by atoms with Gasteiger partial charge in [0.1, 0.15) is 0 Å². The van der Waals surface area contributed by atoms with E-state index >= 15 is 0 Å². The second-order valence-electron chi connectivity index (χ2n) is 3.08. The first-order valence-electron chi connectivity index (χ1n) is 4.68. The summed E-state index contributed by atoms with van der Waals surface area (Å²) in [6.45, 7) is 9.07. The van der Waals surface area contributed by atoms with Gasteiger partial charge in [0, 0.05) is 15.8 Å². The van der Waals surface area contributed by atoms with Crippen molar-refractivity contribution in [1.82, 2.24) is 5.32 Å². The van der Waals surface area contributed by atoms with Crippen LogP contribution in [0.3, 0.4) is 0 Å². The number of hydrogen-bond donors (Lipinski definition) is 1. The lowest BCUT2D eigenvalue weighted by Gasteiger charge is -2.13. The Balaban J connectivity index is 2.68. The lowest BCUT2D eigenvalue weighted by molar-refractivity contribution is 0.567. The molecule has 0 radical (unpaired) electrons. The summed E-state index contributed by atoms with van der Waals surface area (Å²) in [6.07, 6.45) is 2.98. The van der Waals surface area contributed by atoms with Crippen molar-refractivity contribution in [1.29, 1.82) is 0 Å². The SMILES string of the molecule is C=CCC(NCC)c1ccc(C)s1. The molecule has 0 aliphatic carbocycles. The Morgan fingerprint density at radius 2 is 2.38 bits per heavy atom. The van der Waals surface area contributed by atoms with Crippen LogP contribution < -0.4 is 5.32 Å². The van der Waals surface area contributed by atoms with Gasteiger partial charge in [0.2, 0.25) is 0 Å². The summed E-state index contributed by atoms with van der Waals surface area (Å²) < 4.78 is 0. The molecule has 0 spiro atoms. The van der Waals surface area contributed by atoms with Gasteiger partial charge in [-0.2, -0.15) is 0 Å². The van der Waals surface area contributed by atoms with E-state index in [1.54, 1.807) is 0 Å². The Morgan fingerprint density at radius 1 is 1.62 bits per heavy atom. The molecule has 0 aliphatic rings. The zero-order valence-electron chi connectivity index (χ0n) is 8.34. The zero-order valence-corrected chi connectivity index (χ0v) is 9.16. The van der Waals surface area contributed by atoms with Crippen LogP contribution in [-0.4, -0.2) is 6.54 Å². The Hall–Kier alpha value is -0.600. The minimum atomic E-state index is 0.459. The Bertz CT molecular complexity index is 265. The molecule has 0 saturated heterocycles. The van der Waals surface area contributed by atoms with Crippen LogP contribution >= 0.6 is 11.3 Å². The number of thiophene rings is 1. The summed E-state index contributed by atoms with van der Waals surface area (Å²) in [4.78, 5) is 2.79. The van der Waals surface area contributed by atoms with Gasteiger partial charge < -0.3 is 5.32 Å². The molecule has 1 atom stereocenters. The van der Waals surface area contributed by atoms with Gasteiger partial charge in [0.25, 0.3) is 0 Å². The predicted octanol–water partition coefficient (Wildman–Crippen LogP) is 3.28. The van der Waals surface area contributed by atoms with Gasteiger partial charge in [-0.3, -0.25) is 0 Å². The monoisotopic (exact) mass is 195 g/mol. The molecule has 2 heteroatoms. The molecule has 0 bridgehead atoms. The van der Waals surface area contributed by atoms with Crippen LogP contribution in [-0.2, 0) is 0 Å². The highest BCUT2D eigenvalue weighted by molar-refractivity contribution is 7.12. The van der Waals surface area contributed by atoms with Crippen molar-refractivity contribution in [3.05, 3.63) is 34.5 Å². The van der Waals surface area contributed by atoms with Crippen molar-refractivity contribution in [3.63, 3.8) is 0 Å². The molecule has 0 aromatic carbocycles. The molecule has 1 aromatic heterocycles. The van der Waals surface area contributed by atoms with E-state index in [1.165, 1.54) is 9.75 Å². The van der Waals surface area contributed by atoms with E-state index in [-0.39, 0.29) is 0 Å². The van der Waals surface area contributed by atoms with E-state index in [9.17, 15) is 0 Å². The summed E-state index contributed by atoms with van der Waals surface area (Å²) in [5.74, 6) is 0. The normalized spacial score (nSPS) is 12.8. The molecule has 0 saturated carbocycles. The topological polar surface area (TPSA) is 12.0 Å². The Kier molecular flexibility index (Phi) is 4.19. The maximum Gasteiger partial charge on any atom is 0.0449 e. The second-order valence-corrected chi connectivity index (χ2v) is 4.40.